The number of alkyl halides is 2. The maximum Gasteiger partial charge on any atom is 0.290 e. The first-order valence-electron chi connectivity index (χ1n) is 6.04. The third-order valence-electron chi connectivity index (χ3n) is 2.86. The summed E-state index contributed by atoms with van der Waals surface area (Å²) in [5.41, 5.74) is 0.513. The lowest BCUT2D eigenvalue weighted by Gasteiger charge is -2.19. The second kappa shape index (κ2) is 6.22. The highest BCUT2D eigenvalue weighted by Gasteiger charge is 2.31. The van der Waals surface area contributed by atoms with Gasteiger partial charge in [0.2, 0.25) is 0 Å². The number of anilines is 1. The van der Waals surface area contributed by atoms with Crippen LogP contribution in [0.15, 0.2) is 53.0 Å². The third-order valence-corrected chi connectivity index (χ3v) is 3.35. The molecule has 0 heterocycles. The van der Waals surface area contributed by atoms with E-state index in [0.717, 1.165) is 4.47 Å². The molecule has 2 aromatic rings. The highest BCUT2D eigenvalue weighted by molar-refractivity contribution is 9.10. The van der Waals surface area contributed by atoms with Crippen LogP contribution in [0.2, 0.25) is 0 Å². The Bertz CT molecular complexity index is 575. The van der Waals surface area contributed by atoms with Crippen LogP contribution in [0.4, 0.5) is 14.5 Å². The van der Waals surface area contributed by atoms with Gasteiger partial charge in [-0.3, -0.25) is 0 Å². The fourth-order valence-corrected chi connectivity index (χ4v) is 2.17. The van der Waals surface area contributed by atoms with Gasteiger partial charge in [0.05, 0.1) is 19.3 Å². The van der Waals surface area contributed by atoms with E-state index in [9.17, 15) is 8.78 Å². The Morgan fingerprint density at radius 1 is 1.15 bits per heavy atom. The molecule has 2 aromatic carbocycles. The largest absolute Gasteiger partial charge is 0.495 e. The number of halogens is 3. The van der Waals surface area contributed by atoms with Crippen LogP contribution in [0.5, 0.6) is 5.75 Å². The van der Waals surface area contributed by atoms with E-state index in [0.29, 0.717) is 11.4 Å². The molecule has 0 saturated carbocycles. The van der Waals surface area contributed by atoms with Gasteiger partial charge in [0, 0.05) is 10.0 Å². The van der Waals surface area contributed by atoms with Gasteiger partial charge in [0.25, 0.3) is 5.92 Å². The van der Waals surface area contributed by atoms with E-state index in [1.165, 1.54) is 19.2 Å². The number of rotatable bonds is 5. The van der Waals surface area contributed by atoms with Crippen LogP contribution < -0.4 is 10.1 Å². The molecule has 0 bridgehead atoms. The van der Waals surface area contributed by atoms with Gasteiger partial charge in [-0.05, 0) is 18.2 Å². The number of methoxy groups -OCH3 is 1. The average Bonchev–Trinajstić information content (AvgIpc) is 2.46. The molecule has 0 saturated heterocycles. The van der Waals surface area contributed by atoms with Gasteiger partial charge in [0.1, 0.15) is 5.75 Å². The van der Waals surface area contributed by atoms with Gasteiger partial charge in [-0.25, -0.2) is 0 Å². The van der Waals surface area contributed by atoms with Crippen LogP contribution in [-0.2, 0) is 5.92 Å². The highest BCUT2D eigenvalue weighted by atomic mass is 79.9. The molecule has 0 aliphatic rings. The molecule has 0 amide bonds. The van der Waals surface area contributed by atoms with Crippen molar-refractivity contribution in [1.82, 2.24) is 0 Å². The van der Waals surface area contributed by atoms with E-state index >= 15 is 0 Å². The van der Waals surface area contributed by atoms with E-state index in [2.05, 4.69) is 21.2 Å². The molecule has 0 unspecified atom stereocenters. The maximum atomic E-state index is 14.1. The Kier molecular flexibility index (Phi) is 4.60. The Balaban J connectivity index is 2.14. The molecule has 0 atom stereocenters. The smallest absolute Gasteiger partial charge is 0.290 e. The van der Waals surface area contributed by atoms with Crippen LogP contribution in [-0.4, -0.2) is 13.7 Å². The lowest BCUT2D eigenvalue weighted by Crippen LogP contribution is -2.24. The first kappa shape index (κ1) is 14.8. The minimum atomic E-state index is -2.95. The Morgan fingerprint density at radius 3 is 2.50 bits per heavy atom. The summed E-state index contributed by atoms with van der Waals surface area (Å²) < 4.78 is 34.1. The number of ether oxygens (including phenoxy) is 1. The van der Waals surface area contributed by atoms with E-state index in [1.807, 2.05) is 0 Å². The summed E-state index contributed by atoms with van der Waals surface area (Å²) in [7, 11) is 1.50. The van der Waals surface area contributed by atoms with E-state index in [1.54, 1.807) is 36.4 Å². The molecular formula is C15H14BrF2NO. The van der Waals surface area contributed by atoms with Gasteiger partial charge in [-0.2, -0.15) is 8.78 Å². The van der Waals surface area contributed by atoms with E-state index < -0.39 is 12.5 Å². The molecule has 0 aliphatic carbocycles. The zero-order valence-corrected chi connectivity index (χ0v) is 12.5. The SMILES string of the molecule is COc1ccc(Br)cc1NCC(F)(F)c1ccccc1. The summed E-state index contributed by atoms with van der Waals surface area (Å²) >= 11 is 3.31. The molecule has 0 aromatic heterocycles. The number of nitrogens with one attached hydrogen (secondary N) is 1. The van der Waals surface area contributed by atoms with E-state index in [4.69, 9.17) is 4.74 Å². The normalized spacial score (nSPS) is 11.2. The number of benzene rings is 2. The zero-order chi connectivity index (χ0) is 14.6. The van der Waals surface area contributed by atoms with Gasteiger partial charge < -0.3 is 10.1 Å². The molecule has 5 heteroatoms. The topological polar surface area (TPSA) is 21.3 Å². The van der Waals surface area contributed by atoms with Crippen molar-refractivity contribution in [2.24, 2.45) is 0 Å². The van der Waals surface area contributed by atoms with Crippen molar-refractivity contribution in [3.8, 4) is 5.75 Å². The minimum absolute atomic E-state index is 0.0125. The van der Waals surface area contributed by atoms with Crippen LogP contribution in [0.3, 0.4) is 0 Å². The van der Waals surface area contributed by atoms with E-state index in [-0.39, 0.29) is 5.56 Å². The molecule has 0 spiro atoms. The van der Waals surface area contributed by atoms with Crippen molar-refractivity contribution in [3.63, 3.8) is 0 Å². The minimum Gasteiger partial charge on any atom is -0.495 e. The van der Waals surface area contributed by atoms with Crippen LogP contribution >= 0.6 is 15.9 Å². The number of hydrogen-bond acceptors (Lipinski definition) is 2. The van der Waals surface area contributed by atoms with Gasteiger partial charge in [-0.15, -0.1) is 0 Å². The zero-order valence-electron chi connectivity index (χ0n) is 10.9. The highest BCUT2D eigenvalue weighted by Crippen LogP contribution is 2.32. The van der Waals surface area contributed by atoms with Crippen molar-refractivity contribution >= 4 is 21.6 Å². The average molecular weight is 342 g/mol. The summed E-state index contributed by atoms with van der Waals surface area (Å²) in [6, 6.07) is 13.0. The second-order valence-electron chi connectivity index (χ2n) is 4.27. The Hall–Kier alpha value is -1.62. The first-order valence-corrected chi connectivity index (χ1v) is 6.83. The molecule has 2 nitrogen and oxygen atoms in total. The van der Waals surface area contributed by atoms with Crippen molar-refractivity contribution < 1.29 is 13.5 Å². The Labute approximate surface area is 124 Å². The quantitative estimate of drug-likeness (QED) is 0.853. The van der Waals surface area contributed by atoms with Crippen LogP contribution in [0, 0.1) is 0 Å². The predicted octanol–water partition coefficient (Wildman–Crippen LogP) is 4.66. The summed E-state index contributed by atoms with van der Waals surface area (Å²) in [5, 5.41) is 2.74. The van der Waals surface area contributed by atoms with Crippen molar-refractivity contribution in [2.45, 2.75) is 5.92 Å². The van der Waals surface area contributed by atoms with Crippen molar-refractivity contribution in [1.29, 1.82) is 0 Å². The summed E-state index contributed by atoms with van der Waals surface area (Å²) in [5.74, 6) is -2.42. The standard InChI is InChI=1S/C15H14BrF2NO/c1-20-14-8-7-12(16)9-13(14)19-10-15(17,18)11-5-3-2-4-6-11/h2-9,19H,10H2,1H3. The molecule has 2 rings (SSSR count). The molecule has 0 fully saturated rings. The summed E-state index contributed by atoms with van der Waals surface area (Å²) in [6.45, 7) is -0.496. The lowest BCUT2D eigenvalue weighted by molar-refractivity contribution is 0.0106. The van der Waals surface area contributed by atoms with Gasteiger partial charge in [0.15, 0.2) is 0 Å². The summed E-state index contributed by atoms with van der Waals surface area (Å²) in [6.07, 6.45) is 0. The molecule has 106 valence electrons. The fourth-order valence-electron chi connectivity index (χ4n) is 1.81. The molecule has 0 aliphatic heterocycles. The molecule has 0 radical (unpaired) electrons. The molecule has 20 heavy (non-hydrogen) atoms. The fraction of sp³-hybridized carbons (Fsp3) is 0.200. The summed E-state index contributed by atoms with van der Waals surface area (Å²) in [4.78, 5) is 0. The van der Waals surface area contributed by atoms with Gasteiger partial charge >= 0.3 is 0 Å². The Morgan fingerprint density at radius 2 is 1.85 bits per heavy atom. The maximum absolute atomic E-state index is 14.1. The van der Waals surface area contributed by atoms with Crippen molar-refractivity contribution in [3.05, 3.63) is 58.6 Å². The lowest BCUT2D eigenvalue weighted by atomic mass is 10.1. The van der Waals surface area contributed by atoms with Crippen LogP contribution in [0.1, 0.15) is 5.56 Å². The number of hydrogen-bond donors (Lipinski definition) is 1. The predicted molar refractivity (Wildman–Crippen MR) is 79.5 cm³/mol. The third kappa shape index (κ3) is 3.48. The molecular weight excluding hydrogens is 328 g/mol. The van der Waals surface area contributed by atoms with Gasteiger partial charge in [-0.1, -0.05) is 46.3 Å². The van der Waals surface area contributed by atoms with Crippen LogP contribution in [0.25, 0.3) is 0 Å². The van der Waals surface area contributed by atoms with Crippen molar-refractivity contribution in [2.75, 3.05) is 19.0 Å². The molecule has 1 N–H and O–H groups in total. The monoisotopic (exact) mass is 341 g/mol. The first-order chi connectivity index (χ1) is 9.53. The second-order valence-corrected chi connectivity index (χ2v) is 5.18.